The van der Waals surface area contributed by atoms with Crippen LogP contribution in [-0.4, -0.2) is 25.7 Å². The molecule has 0 fully saturated rings. The van der Waals surface area contributed by atoms with Crippen molar-refractivity contribution in [1.29, 1.82) is 0 Å². The maximum Gasteiger partial charge on any atom is 0.213 e. The predicted molar refractivity (Wildman–Crippen MR) is 55.4 cm³/mol. The van der Waals surface area contributed by atoms with Crippen LogP contribution in [0.25, 0.3) is 6.08 Å². The zero-order valence-electron chi connectivity index (χ0n) is 8.36. The molecular weight excluding hydrogens is 180 g/mol. The highest BCUT2D eigenvalue weighted by atomic mass is 16.5. The second-order valence-electron chi connectivity index (χ2n) is 2.61. The summed E-state index contributed by atoms with van der Waals surface area (Å²) in [6.45, 7) is 0.494. The van der Waals surface area contributed by atoms with Gasteiger partial charge in [0.2, 0.25) is 5.88 Å². The molecule has 0 unspecified atom stereocenters. The third kappa shape index (κ3) is 2.47. The van der Waals surface area contributed by atoms with E-state index in [1.54, 1.807) is 26.5 Å². The number of hydrogen-bond donors (Lipinski definition) is 1. The lowest BCUT2D eigenvalue weighted by Gasteiger charge is -2.05. The molecule has 0 aliphatic heterocycles. The molecule has 4 nitrogen and oxygen atoms in total. The zero-order chi connectivity index (χ0) is 10.4. The van der Waals surface area contributed by atoms with Crippen molar-refractivity contribution < 1.29 is 9.47 Å². The third-order valence-electron chi connectivity index (χ3n) is 1.74. The van der Waals surface area contributed by atoms with E-state index in [1.807, 2.05) is 12.2 Å². The Balaban J connectivity index is 3.02. The first-order valence-electron chi connectivity index (χ1n) is 4.26. The maximum absolute atomic E-state index is 5.36. The molecule has 2 N–H and O–H groups in total. The maximum atomic E-state index is 5.36. The van der Waals surface area contributed by atoms with Crippen LogP contribution in [0.15, 0.2) is 18.3 Å². The number of hydrogen-bond acceptors (Lipinski definition) is 4. The van der Waals surface area contributed by atoms with Gasteiger partial charge in [-0.1, -0.05) is 12.2 Å². The minimum absolute atomic E-state index is 0.494. The highest BCUT2D eigenvalue weighted by molar-refractivity contribution is 5.57. The molecule has 0 spiro atoms. The normalized spacial score (nSPS) is 10.5. The SMILES string of the molecule is COc1cc(/C=C/CN)c(OC)cn1. The molecule has 0 amide bonds. The summed E-state index contributed by atoms with van der Waals surface area (Å²) in [5.41, 5.74) is 6.27. The van der Waals surface area contributed by atoms with Gasteiger partial charge in [0, 0.05) is 18.2 Å². The molecule has 0 saturated heterocycles. The Morgan fingerprint density at radius 3 is 2.79 bits per heavy atom. The Bertz CT molecular complexity index is 324. The van der Waals surface area contributed by atoms with E-state index >= 15 is 0 Å². The summed E-state index contributed by atoms with van der Waals surface area (Å²) in [6, 6.07) is 1.80. The van der Waals surface area contributed by atoms with Crippen molar-refractivity contribution in [3.8, 4) is 11.6 Å². The van der Waals surface area contributed by atoms with Gasteiger partial charge in [-0.05, 0) is 0 Å². The van der Waals surface area contributed by atoms with Crippen LogP contribution >= 0.6 is 0 Å². The Morgan fingerprint density at radius 1 is 1.43 bits per heavy atom. The molecule has 0 aliphatic carbocycles. The zero-order valence-corrected chi connectivity index (χ0v) is 8.36. The van der Waals surface area contributed by atoms with E-state index in [0.29, 0.717) is 18.2 Å². The van der Waals surface area contributed by atoms with Gasteiger partial charge in [0.15, 0.2) is 0 Å². The Morgan fingerprint density at radius 2 is 2.21 bits per heavy atom. The Kier molecular flexibility index (Phi) is 3.94. The molecule has 0 bridgehead atoms. The quantitative estimate of drug-likeness (QED) is 0.779. The average molecular weight is 194 g/mol. The molecule has 1 heterocycles. The fourth-order valence-electron chi connectivity index (χ4n) is 1.05. The number of ether oxygens (including phenoxy) is 2. The van der Waals surface area contributed by atoms with Gasteiger partial charge in [0.05, 0.1) is 20.4 Å². The van der Waals surface area contributed by atoms with Gasteiger partial charge in [-0.3, -0.25) is 0 Å². The first-order chi connectivity index (χ1) is 6.81. The second-order valence-corrected chi connectivity index (χ2v) is 2.61. The number of methoxy groups -OCH3 is 2. The van der Waals surface area contributed by atoms with E-state index in [0.717, 1.165) is 5.56 Å². The summed E-state index contributed by atoms with van der Waals surface area (Å²) < 4.78 is 10.1. The summed E-state index contributed by atoms with van der Waals surface area (Å²) in [5, 5.41) is 0. The summed E-state index contributed by atoms with van der Waals surface area (Å²) in [6.07, 6.45) is 5.34. The lowest BCUT2D eigenvalue weighted by Crippen LogP contribution is -1.94. The fourth-order valence-corrected chi connectivity index (χ4v) is 1.05. The highest BCUT2D eigenvalue weighted by Gasteiger charge is 2.02. The van der Waals surface area contributed by atoms with Gasteiger partial charge in [0.25, 0.3) is 0 Å². The van der Waals surface area contributed by atoms with Crippen LogP contribution in [0.1, 0.15) is 5.56 Å². The Labute approximate surface area is 83.4 Å². The average Bonchev–Trinajstić information content (AvgIpc) is 2.25. The van der Waals surface area contributed by atoms with Crippen molar-refractivity contribution in [3.63, 3.8) is 0 Å². The van der Waals surface area contributed by atoms with Gasteiger partial charge in [-0.15, -0.1) is 0 Å². The highest BCUT2D eigenvalue weighted by Crippen LogP contribution is 2.22. The predicted octanol–water partition coefficient (Wildman–Crippen LogP) is 1.07. The molecule has 1 rings (SSSR count). The van der Waals surface area contributed by atoms with Crippen molar-refractivity contribution in [2.24, 2.45) is 5.73 Å². The minimum atomic E-state index is 0.494. The molecular formula is C10H14N2O2. The monoisotopic (exact) mass is 194 g/mol. The lowest BCUT2D eigenvalue weighted by atomic mass is 10.2. The minimum Gasteiger partial charge on any atom is -0.495 e. The van der Waals surface area contributed by atoms with Gasteiger partial charge < -0.3 is 15.2 Å². The van der Waals surface area contributed by atoms with Crippen LogP contribution in [-0.2, 0) is 0 Å². The van der Waals surface area contributed by atoms with Crippen LogP contribution < -0.4 is 15.2 Å². The summed E-state index contributed by atoms with van der Waals surface area (Å²) in [5.74, 6) is 1.26. The van der Waals surface area contributed by atoms with Crippen molar-refractivity contribution in [2.45, 2.75) is 0 Å². The van der Waals surface area contributed by atoms with Crippen molar-refractivity contribution in [1.82, 2.24) is 4.98 Å². The lowest BCUT2D eigenvalue weighted by molar-refractivity contribution is 0.387. The molecule has 0 radical (unpaired) electrons. The summed E-state index contributed by atoms with van der Waals surface area (Å²) in [4.78, 5) is 4.02. The van der Waals surface area contributed by atoms with Gasteiger partial charge in [-0.2, -0.15) is 0 Å². The van der Waals surface area contributed by atoms with Crippen molar-refractivity contribution in [3.05, 3.63) is 23.9 Å². The number of rotatable bonds is 4. The molecule has 4 heteroatoms. The van der Waals surface area contributed by atoms with E-state index < -0.39 is 0 Å². The van der Waals surface area contributed by atoms with Crippen LogP contribution in [0.4, 0.5) is 0 Å². The molecule has 0 aromatic carbocycles. The topological polar surface area (TPSA) is 57.4 Å². The number of nitrogens with two attached hydrogens (primary N) is 1. The smallest absolute Gasteiger partial charge is 0.213 e. The van der Waals surface area contributed by atoms with E-state index in [2.05, 4.69) is 4.98 Å². The summed E-state index contributed by atoms with van der Waals surface area (Å²) >= 11 is 0. The van der Waals surface area contributed by atoms with E-state index in [1.165, 1.54) is 0 Å². The van der Waals surface area contributed by atoms with Crippen LogP contribution in [0.2, 0.25) is 0 Å². The van der Waals surface area contributed by atoms with Crippen molar-refractivity contribution >= 4 is 6.08 Å². The first-order valence-corrected chi connectivity index (χ1v) is 4.26. The molecule has 14 heavy (non-hydrogen) atoms. The number of nitrogens with zero attached hydrogens (tertiary/aromatic N) is 1. The summed E-state index contributed by atoms with van der Waals surface area (Å²) in [7, 11) is 3.18. The largest absolute Gasteiger partial charge is 0.495 e. The molecule has 0 aliphatic rings. The molecule has 0 atom stereocenters. The van der Waals surface area contributed by atoms with Crippen molar-refractivity contribution in [2.75, 3.05) is 20.8 Å². The third-order valence-corrected chi connectivity index (χ3v) is 1.74. The van der Waals surface area contributed by atoms with Gasteiger partial charge in [0.1, 0.15) is 5.75 Å². The fraction of sp³-hybridized carbons (Fsp3) is 0.300. The van der Waals surface area contributed by atoms with Crippen LogP contribution in [0.5, 0.6) is 11.6 Å². The molecule has 1 aromatic rings. The standard InChI is InChI=1S/C10H14N2O2/c1-13-9-7-12-10(14-2)6-8(9)4-3-5-11/h3-4,6-7H,5,11H2,1-2H3/b4-3+. The van der Waals surface area contributed by atoms with E-state index in [4.69, 9.17) is 15.2 Å². The van der Waals surface area contributed by atoms with Crippen LogP contribution in [0, 0.1) is 0 Å². The van der Waals surface area contributed by atoms with Crippen LogP contribution in [0.3, 0.4) is 0 Å². The first kappa shape index (κ1) is 10.5. The molecule has 0 saturated carbocycles. The van der Waals surface area contributed by atoms with Gasteiger partial charge >= 0.3 is 0 Å². The number of pyridine rings is 1. The second kappa shape index (κ2) is 5.24. The molecule has 76 valence electrons. The van der Waals surface area contributed by atoms with Gasteiger partial charge in [-0.25, -0.2) is 4.98 Å². The Hall–Kier alpha value is -1.55. The van der Waals surface area contributed by atoms with E-state index in [-0.39, 0.29) is 0 Å². The molecule has 1 aromatic heterocycles. The number of aromatic nitrogens is 1. The van der Waals surface area contributed by atoms with E-state index in [9.17, 15) is 0 Å².